The molecule has 102 valence electrons. The Morgan fingerprint density at radius 1 is 1.32 bits per heavy atom. The van der Waals surface area contributed by atoms with Gasteiger partial charge in [0.25, 0.3) is 0 Å². The Balaban J connectivity index is 1.52. The van der Waals surface area contributed by atoms with Gasteiger partial charge in [0, 0.05) is 17.0 Å². The molecule has 0 heterocycles. The number of nitrogens with one attached hydrogen (secondary N) is 1. The van der Waals surface area contributed by atoms with Gasteiger partial charge in [0.15, 0.2) is 0 Å². The van der Waals surface area contributed by atoms with Crippen LogP contribution in [0.15, 0.2) is 24.3 Å². The average Bonchev–Trinajstić information content (AvgIpc) is 2.99. The van der Waals surface area contributed by atoms with Crippen molar-refractivity contribution in [1.82, 2.24) is 5.32 Å². The van der Waals surface area contributed by atoms with Gasteiger partial charge in [0.2, 0.25) is 5.91 Å². The highest BCUT2D eigenvalue weighted by Crippen LogP contribution is 2.54. The van der Waals surface area contributed by atoms with Crippen LogP contribution in [0.1, 0.15) is 31.7 Å². The molecule has 3 heteroatoms. The van der Waals surface area contributed by atoms with E-state index in [1.807, 2.05) is 24.3 Å². The molecule has 3 unspecified atom stereocenters. The largest absolute Gasteiger partial charge is 0.353 e. The second-order valence-electron chi connectivity index (χ2n) is 6.13. The van der Waals surface area contributed by atoms with Crippen LogP contribution < -0.4 is 5.32 Å². The molecule has 2 aliphatic carbocycles. The van der Waals surface area contributed by atoms with Crippen LogP contribution in [0.3, 0.4) is 0 Å². The third-order valence-corrected chi connectivity index (χ3v) is 4.86. The van der Waals surface area contributed by atoms with Gasteiger partial charge in [-0.15, -0.1) is 0 Å². The van der Waals surface area contributed by atoms with Crippen LogP contribution in [0.25, 0.3) is 0 Å². The molecule has 0 radical (unpaired) electrons. The first-order valence-corrected chi connectivity index (χ1v) is 7.55. The van der Waals surface area contributed by atoms with Crippen molar-refractivity contribution in [1.29, 1.82) is 0 Å². The fraction of sp³-hybridized carbons (Fsp3) is 0.562. The van der Waals surface area contributed by atoms with Crippen molar-refractivity contribution >= 4 is 17.5 Å². The number of hydrogen-bond donors (Lipinski definition) is 1. The van der Waals surface area contributed by atoms with Crippen LogP contribution in [0.4, 0.5) is 0 Å². The van der Waals surface area contributed by atoms with Crippen LogP contribution in [-0.4, -0.2) is 11.9 Å². The zero-order valence-electron chi connectivity index (χ0n) is 11.2. The van der Waals surface area contributed by atoms with Crippen molar-refractivity contribution in [3.05, 3.63) is 34.9 Å². The number of rotatable bonds is 4. The number of fused-ring (bicyclic) bond motifs is 1. The molecule has 0 aliphatic heterocycles. The minimum absolute atomic E-state index is 0.143. The molecular weight excluding hydrogens is 258 g/mol. The quantitative estimate of drug-likeness (QED) is 0.898. The van der Waals surface area contributed by atoms with Crippen molar-refractivity contribution in [2.45, 2.75) is 38.6 Å². The lowest BCUT2D eigenvalue weighted by atomic mass is 10.0. The number of carbonyl (C=O) groups is 1. The van der Waals surface area contributed by atoms with Crippen LogP contribution in [0, 0.1) is 17.8 Å². The van der Waals surface area contributed by atoms with Crippen molar-refractivity contribution in [2.75, 3.05) is 0 Å². The molecule has 0 saturated heterocycles. The molecule has 2 nitrogen and oxygen atoms in total. The minimum atomic E-state index is 0.143. The average molecular weight is 278 g/mol. The summed E-state index contributed by atoms with van der Waals surface area (Å²) in [4.78, 5) is 12.2. The summed E-state index contributed by atoms with van der Waals surface area (Å²) in [5.74, 6) is 2.22. The summed E-state index contributed by atoms with van der Waals surface area (Å²) >= 11 is 6.14. The maximum atomic E-state index is 12.2. The molecule has 1 N–H and O–H groups in total. The molecule has 2 saturated carbocycles. The van der Waals surface area contributed by atoms with E-state index in [4.69, 9.17) is 11.6 Å². The zero-order chi connectivity index (χ0) is 13.4. The van der Waals surface area contributed by atoms with E-state index in [0.717, 1.165) is 41.7 Å². The topological polar surface area (TPSA) is 29.1 Å². The van der Waals surface area contributed by atoms with Gasteiger partial charge in [-0.05, 0) is 56.1 Å². The lowest BCUT2D eigenvalue weighted by Gasteiger charge is -2.18. The zero-order valence-corrected chi connectivity index (χ0v) is 12.0. The predicted molar refractivity (Wildman–Crippen MR) is 77.1 cm³/mol. The van der Waals surface area contributed by atoms with Gasteiger partial charge in [-0.1, -0.05) is 29.8 Å². The molecule has 3 atom stereocenters. The highest BCUT2D eigenvalue weighted by molar-refractivity contribution is 6.31. The molecule has 0 bridgehead atoms. The Kier molecular flexibility index (Phi) is 3.53. The summed E-state index contributed by atoms with van der Waals surface area (Å²) in [6.07, 6.45) is 4.37. The number of amides is 1. The highest BCUT2D eigenvalue weighted by Gasteiger charge is 2.48. The Morgan fingerprint density at radius 3 is 2.68 bits per heavy atom. The third-order valence-electron chi connectivity index (χ3n) is 4.49. The van der Waals surface area contributed by atoms with Gasteiger partial charge in [0.1, 0.15) is 0 Å². The van der Waals surface area contributed by atoms with E-state index in [2.05, 4.69) is 12.2 Å². The molecule has 2 fully saturated rings. The highest BCUT2D eigenvalue weighted by atomic mass is 35.5. The predicted octanol–water partition coefficient (Wildman–Crippen LogP) is 3.43. The molecule has 1 amide bonds. The monoisotopic (exact) mass is 277 g/mol. The Labute approximate surface area is 119 Å². The standard InChI is InChI=1S/C16H20ClNO/c1-10(6-11-4-2-3-5-15(11)17)18-16(19)14-8-12-7-13(12)9-14/h2-5,10,12-14H,6-9H2,1H3,(H,18,19). The van der Waals surface area contributed by atoms with E-state index in [0.29, 0.717) is 0 Å². The second kappa shape index (κ2) is 5.16. The van der Waals surface area contributed by atoms with Gasteiger partial charge >= 0.3 is 0 Å². The van der Waals surface area contributed by atoms with Gasteiger partial charge in [0.05, 0.1) is 0 Å². The van der Waals surface area contributed by atoms with E-state index in [1.54, 1.807) is 0 Å². The van der Waals surface area contributed by atoms with Crippen molar-refractivity contribution < 1.29 is 4.79 Å². The smallest absolute Gasteiger partial charge is 0.223 e. The maximum Gasteiger partial charge on any atom is 0.223 e. The van der Waals surface area contributed by atoms with Gasteiger partial charge < -0.3 is 5.32 Å². The van der Waals surface area contributed by atoms with Crippen molar-refractivity contribution in [3.8, 4) is 0 Å². The normalized spacial score (nSPS) is 29.7. The van der Waals surface area contributed by atoms with Crippen LogP contribution in [0.5, 0.6) is 0 Å². The fourth-order valence-electron chi connectivity index (χ4n) is 3.33. The van der Waals surface area contributed by atoms with Crippen LogP contribution >= 0.6 is 11.6 Å². The summed E-state index contributed by atoms with van der Waals surface area (Å²) in [7, 11) is 0. The van der Waals surface area contributed by atoms with Crippen molar-refractivity contribution in [3.63, 3.8) is 0 Å². The van der Waals surface area contributed by atoms with Gasteiger partial charge in [-0.25, -0.2) is 0 Å². The lowest BCUT2D eigenvalue weighted by molar-refractivity contribution is -0.125. The first-order chi connectivity index (χ1) is 9.13. The van der Waals surface area contributed by atoms with E-state index >= 15 is 0 Å². The molecule has 0 spiro atoms. The van der Waals surface area contributed by atoms with E-state index in [-0.39, 0.29) is 17.9 Å². The summed E-state index contributed by atoms with van der Waals surface area (Å²) < 4.78 is 0. The summed E-state index contributed by atoms with van der Waals surface area (Å²) in [6.45, 7) is 2.05. The number of benzene rings is 1. The van der Waals surface area contributed by atoms with E-state index < -0.39 is 0 Å². The molecular formula is C16H20ClNO. The molecule has 2 aliphatic rings. The first-order valence-electron chi connectivity index (χ1n) is 7.17. The summed E-state index contributed by atoms with van der Waals surface area (Å²) in [6, 6.07) is 7.98. The van der Waals surface area contributed by atoms with Gasteiger partial charge in [-0.3, -0.25) is 4.79 Å². The first kappa shape index (κ1) is 13.0. The SMILES string of the molecule is CC(Cc1ccccc1Cl)NC(=O)C1CC2CC2C1. The molecule has 0 aromatic heterocycles. The van der Waals surface area contributed by atoms with E-state index in [9.17, 15) is 4.79 Å². The number of carbonyl (C=O) groups excluding carboxylic acids is 1. The Morgan fingerprint density at radius 2 is 2.00 bits per heavy atom. The minimum Gasteiger partial charge on any atom is -0.353 e. The van der Waals surface area contributed by atoms with E-state index in [1.165, 1.54) is 6.42 Å². The summed E-state index contributed by atoms with van der Waals surface area (Å²) in [5, 5.41) is 3.92. The lowest BCUT2D eigenvalue weighted by Crippen LogP contribution is -2.38. The second-order valence-corrected chi connectivity index (χ2v) is 6.54. The van der Waals surface area contributed by atoms with Crippen molar-refractivity contribution in [2.24, 2.45) is 17.8 Å². The Bertz CT molecular complexity index is 477. The van der Waals surface area contributed by atoms with Gasteiger partial charge in [-0.2, -0.15) is 0 Å². The number of halogens is 1. The van der Waals surface area contributed by atoms with Crippen LogP contribution in [-0.2, 0) is 11.2 Å². The molecule has 3 rings (SSSR count). The molecule has 1 aromatic rings. The number of hydrogen-bond acceptors (Lipinski definition) is 1. The Hall–Kier alpha value is -1.02. The molecule has 19 heavy (non-hydrogen) atoms. The third kappa shape index (κ3) is 2.94. The molecule has 1 aromatic carbocycles. The maximum absolute atomic E-state index is 12.2. The fourth-order valence-corrected chi connectivity index (χ4v) is 3.55. The summed E-state index contributed by atoms with van der Waals surface area (Å²) in [5.41, 5.74) is 1.10. The van der Waals surface area contributed by atoms with Crippen LogP contribution in [0.2, 0.25) is 5.02 Å².